The zero-order valence-electron chi connectivity index (χ0n) is 18.0. The molecule has 2 aliphatic rings. The van der Waals surface area contributed by atoms with Crippen LogP contribution >= 0.6 is 0 Å². The number of anilines is 2. The van der Waals surface area contributed by atoms with Crippen molar-refractivity contribution in [3.05, 3.63) is 23.8 Å². The molecule has 2 saturated heterocycles. The summed E-state index contributed by atoms with van der Waals surface area (Å²) in [5.41, 5.74) is 2.39. The number of carbonyl (C=O) groups excluding carboxylic acids is 2. The molecule has 6 nitrogen and oxygen atoms in total. The van der Waals surface area contributed by atoms with Gasteiger partial charge in [0.15, 0.2) is 0 Å². The van der Waals surface area contributed by atoms with E-state index >= 15 is 0 Å². The molecule has 1 aromatic rings. The zero-order valence-corrected chi connectivity index (χ0v) is 18.0. The number of piperidine rings is 2. The molecule has 160 valence electrons. The van der Waals surface area contributed by atoms with Gasteiger partial charge in [-0.05, 0) is 62.6 Å². The molecule has 6 heteroatoms. The standard InChI is InChI=1S/C23H36N4O2/c1-3-4-12-24-23(29)25-19-8-9-21(26-13-6-5-7-14-26)20(17-19)22(28)27-15-10-18(2)11-16-27/h8-9,17-18H,3-7,10-16H2,1-2H3,(H2,24,25,29). The third-order valence-electron chi connectivity index (χ3n) is 6.07. The molecular weight excluding hydrogens is 364 g/mol. The highest BCUT2D eigenvalue weighted by Crippen LogP contribution is 2.29. The second kappa shape index (κ2) is 10.5. The van der Waals surface area contributed by atoms with Crippen LogP contribution < -0.4 is 15.5 Å². The lowest BCUT2D eigenvalue weighted by Gasteiger charge is -2.34. The first kappa shape index (κ1) is 21.5. The fourth-order valence-corrected chi connectivity index (χ4v) is 4.13. The van der Waals surface area contributed by atoms with Gasteiger partial charge in [-0.3, -0.25) is 4.79 Å². The van der Waals surface area contributed by atoms with Crippen molar-refractivity contribution in [1.82, 2.24) is 10.2 Å². The summed E-state index contributed by atoms with van der Waals surface area (Å²) >= 11 is 0. The molecule has 2 aliphatic heterocycles. The molecule has 0 atom stereocenters. The average Bonchev–Trinajstić information content (AvgIpc) is 2.74. The van der Waals surface area contributed by atoms with Crippen molar-refractivity contribution in [3.63, 3.8) is 0 Å². The van der Waals surface area contributed by atoms with Gasteiger partial charge in [-0.25, -0.2) is 4.79 Å². The second-order valence-corrected chi connectivity index (χ2v) is 8.49. The molecule has 1 aromatic carbocycles. The first-order chi connectivity index (χ1) is 14.1. The van der Waals surface area contributed by atoms with Crippen molar-refractivity contribution in [1.29, 1.82) is 0 Å². The van der Waals surface area contributed by atoms with Crippen LogP contribution in [0.1, 0.15) is 69.2 Å². The van der Waals surface area contributed by atoms with E-state index in [0.29, 0.717) is 23.7 Å². The molecule has 3 rings (SSSR count). The number of likely N-dealkylation sites (tertiary alicyclic amines) is 1. The van der Waals surface area contributed by atoms with Crippen LogP contribution in [0.25, 0.3) is 0 Å². The summed E-state index contributed by atoms with van der Waals surface area (Å²) < 4.78 is 0. The van der Waals surface area contributed by atoms with E-state index in [-0.39, 0.29) is 11.9 Å². The highest BCUT2D eigenvalue weighted by atomic mass is 16.2. The zero-order chi connectivity index (χ0) is 20.6. The summed E-state index contributed by atoms with van der Waals surface area (Å²) in [6.45, 7) is 8.61. The van der Waals surface area contributed by atoms with Crippen LogP contribution in [0.15, 0.2) is 18.2 Å². The van der Waals surface area contributed by atoms with Gasteiger partial charge in [-0.1, -0.05) is 20.3 Å². The predicted molar refractivity (Wildman–Crippen MR) is 119 cm³/mol. The minimum atomic E-state index is -0.214. The summed E-state index contributed by atoms with van der Waals surface area (Å²) in [5, 5.41) is 5.77. The number of unbranched alkanes of at least 4 members (excludes halogenated alkanes) is 1. The number of hydrogen-bond acceptors (Lipinski definition) is 3. The van der Waals surface area contributed by atoms with Gasteiger partial charge in [0.05, 0.1) is 5.56 Å². The van der Waals surface area contributed by atoms with Gasteiger partial charge in [0.2, 0.25) is 0 Å². The molecule has 0 unspecified atom stereocenters. The highest BCUT2D eigenvalue weighted by molar-refractivity contribution is 6.02. The SMILES string of the molecule is CCCCNC(=O)Nc1ccc(N2CCCCC2)c(C(=O)N2CCC(C)CC2)c1. The average molecular weight is 401 g/mol. The van der Waals surface area contributed by atoms with Gasteiger partial charge >= 0.3 is 6.03 Å². The number of hydrogen-bond donors (Lipinski definition) is 2. The van der Waals surface area contributed by atoms with Crippen molar-refractivity contribution >= 4 is 23.3 Å². The van der Waals surface area contributed by atoms with Crippen LogP contribution in [0.3, 0.4) is 0 Å². The minimum Gasteiger partial charge on any atom is -0.371 e. The Labute approximate surface area is 175 Å². The number of rotatable bonds is 6. The van der Waals surface area contributed by atoms with Crippen LogP contribution in [0.5, 0.6) is 0 Å². The first-order valence-electron chi connectivity index (χ1n) is 11.3. The number of carbonyl (C=O) groups is 2. The van der Waals surface area contributed by atoms with Gasteiger partial charge in [0, 0.05) is 44.1 Å². The maximum absolute atomic E-state index is 13.4. The maximum atomic E-state index is 13.4. The van der Waals surface area contributed by atoms with Crippen LogP contribution in [0.2, 0.25) is 0 Å². The lowest BCUT2D eigenvalue weighted by molar-refractivity contribution is 0.0697. The van der Waals surface area contributed by atoms with E-state index in [9.17, 15) is 9.59 Å². The van der Waals surface area contributed by atoms with Gasteiger partial charge in [-0.15, -0.1) is 0 Å². The lowest BCUT2D eigenvalue weighted by atomic mass is 9.98. The Bertz CT molecular complexity index is 692. The molecule has 0 spiro atoms. The van der Waals surface area contributed by atoms with E-state index < -0.39 is 0 Å². The van der Waals surface area contributed by atoms with Crippen molar-refractivity contribution in [2.45, 2.75) is 58.8 Å². The van der Waals surface area contributed by atoms with E-state index in [2.05, 4.69) is 29.4 Å². The Morgan fingerprint density at radius 2 is 1.79 bits per heavy atom. The Balaban J connectivity index is 1.79. The monoisotopic (exact) mass is 400 g/mol. The Hall–Kier alpha value is -2.24. The smallest absolute Gasteiger partial charge is 0.319 e. The molecule has 0 aliphatic carbocycles. The maximum Gasteiger partial charge on any atom is 0.319 e. The molecule has 29 heavy (non-hydrogen) atoms. The van der Waals surface area contributed by atoms with Crippen LogP contribution in [0, 0.1) is 5.92 Å². The molecule has 3 amide bonds. The lowest BCUT2D eigenvalue weighted by Crippen LogP contribution is -2.39. The Kier molecular flexibility index (Phi) is 7.78. The van der Waals surface area contributed by atoms with E-state index in [1.165, 1.54) is 6.42 Å². The van der Waals surface area contributed by atoms with Gasteiger partial charge in [-0.2, -0.15) is 0 Å². The Morgan fingerprint density at radius 3 is 2.48 bits per heavy atom. The number of amides is 3. The van der Waals surface area contributed by atoms with E-state index in [1.807, 2.05) is 23.1 Å². The molecule has 0 aromatic heterocycles. The number of benzene rings is 1. The number of nitrogens with one attached hydrogen (secondary N) is 2. The van der Waals surface area contributed by atoms with E-state index in [0.717, 1.165) is 70.4 Å². The minimum absolute atomic E-state index is 0.0903. The largest absolute Gasteiger partial charge is 0.371 e. The Morgan fingerprint density at radius 1 is 1.07 bits per heavy atom. The molecule has 0 saturated carbocycles. The molecule has 2 N–H and O–H groups in total. The summed E-state index contributed by atoms with van der Waals surface area (Å²) in [6, 6.07) is 5.57. The van der Waals surface area contributed by atoms with Crippen molar-refractivity contribution in [2.24, 2.45) is 5.92 Å². The van der Waals surface area contributed by atoms with E-state index in [1.54, 1.807) is 0 Å². The van der Waals surface area contributed by atoms with Crippen molar-refractivity contribution in [2.75, 3.05) is 42.9 Å². The van der Waals surface area contributed by atoms with Crippen molar-refractivity contribution in [3.8, 4) is 0 Å². The molecule has 0 bridgehead atoms. The number of urea groups is 1. The predicted octanol–water partition coefficient (Wildman–Crippen LogP) is 4.47. The van der Waals surface area contributed by atoms with Gasteiger partial charge in [0.25, 0.3) is 5.91 Å². The fraction of sp³-hybridized carbons (Fsp3) is 0.652. The van der Waals surface area contributed by atoms with Crippen LogP contribution in [-0.2, 0) is 0 Å². The van der Waals surface area contributed by atoms with Crippen LogP contribution in [-0.4, -0.2) is 49.6 Å². The van der Waals surface area contributed by atoms with Crippen LogP contribution in [0.4, 0.5) is 16.2 Å². The summed E-state index contributed by atoms with van der Waals surface area (Å²) in [5.74, 6) is 0.771. The highest BCUT2D eigenvalue weighted by Gasteiger charge is 2.26. The summed E-state index contributed by atoms with van der Waals surface area (Å²) in [6.07, 6.45) is 7.69. The summed E-state index contributed by atoms with van der Waals surface area (Å²) in [7, 11) is 0. The quantitative estimate of drug-likeness (QED) is 0.693. The summed E-state index contributed by atoms with van der Waals surface area (Å²) in [4.78, 5) is 29.9. The fourth-order valence-electron chi connectivity index (χ4n) is 4.13. The van der Waals surface area contributed by atoms with Crippen molar-refractivity contribution < 1.29 is 9.59 Å². The van der Waals surface area contributed by atoms with Gasteiger partial charge < -0.3 is 20.4 Å². The normalized spacial score (nSPS) is 17.9. The topological polar surface area (TPSA) is 64.7 Å². The molecular formula is C23H36N4O2. The van der Waals surface area contributed by atoms with Gasteiger partial charge in [0.1, 0.15) is 0 Å². The second-order valence-electron chi connectivity index (χ2n) is 8.49. The molecule has 2 fully saturated rings. The number of nitrogens with zero attached hydrogens (tertiary/aromatic N) is 2. The first-order valence-corrected chi connectivity index (χ1v) is 11.3. The molecule has 0 radical (unpaired) electrons. The molecule has 2 heterocycles. The third-order valence-corrected chi connectivity index (χ3v) is 6.07. The van der Waals surface area contributed by atoms with E-state index in [4.69, 9.17) is 0 Å². The third kappa shape index (κ3) is 5.87.